The van der Waals surface area contributed by atoms with Crippen LogP contribution in [0.2, 0.25) is 0 Å². The van der Waals surface area contributed by atoms with E-state index in [0.717, 1.165) is 5.57 Å². The van der Waals surface area contributed by atoms with Gasteiger partial charge in [-0.3, -0.25) is 14.4 Å². The fourth-order valence-corrected chi connectivity index (χ4v) is 9.35. The van der Waals surface area contributed by atoms with Gasteiger partial charge in [0, 0.05) is 36.5 Å². The molecule has 4 rings (SSSR count). The summed E-state index contributed by atoms with van der Waals surface area (Å²) in [5.41, 5.74) is -3.95. The van der Waals surface area contributed by atoms with Crippen LogP contribution in [0.1, 0.15) is 108 Å². The number of fused-ring (bicyclic) bond motifs is 5. The van der Waals surface area contributed by atoms with Crippen LogP contribution in [0.25, 0.3) is 0 Å². The zero-order valence-corrected chi connectivity index (χ0v) is 26.8. The number of hydrogen-bond donors (Lipinski definition) is 4. The Labute approximate surface area is 245 Å². The first-order valence-corrected chi connectivity index (χ1v) is 15.4. The lowest BCUT2D eigenvalue weighted by molar-refractivity contribution is -0.173. The Balaban J connectivity index is 0.00000226. The first kappa shape index (κ1) is 33.9. The summed E-state index contributed by atoms with van der Waals surface area (Å²) < 4.78 is 5.30. The van der Waals surface area contributed by atoms with E-state index in [1.807, 2.05) is 41.5 Å². The second-order valence-corrected chi connectivity index (χ2v) is 14.7. The van der Waals surface area contributed by atoms with Crippen LogP contribution < -0.4 is 0 Å². The number of ketones is 2. The Hall–Kier alpha value is -1.61. The summed E-state index contributed by atoms with van der Waals surface area (Å²) in [4.78, 5) is 39.1. The molecule has 0 aromatic heterocycles. The lowest BCUT2D eigenvalue weighted by Gasteiger charge is -2.61. The van der Waals surface area contributed by atoms with Crippen molar-refractivity contribution in [3.05, 3.63) is 11.6 Å². The number of aliphatic hydroxyl groups excluding tert-OH is 3. The molecule has 0 spiro atoms. The van der Waals surface area contributed by atoms with Gasteiger partial charge in [0.1, 0.15) is 17.0 Å². The fraction of sp³-hybridized carbons (Fsp3) is 0.848. The van der Waals surface area contributed by atoms with E-state index in [2.05, 4.69) is 6.08 Å². The van der Waals surface area contributed by atoms with Crippen LogP contribution in [0.3, 0.4) is 0 Å². The number of carbonyl (C=O) groups excluding carboxylic acids is 3. The summed E-state index contributed by atoms with van der Waals surface area (Å²) in [6.07, 6.45) is 0.926. The molecule has 0 aliphatic heterocycles. The minimum Gasteiger partial charge on any atom is -0.460 e. The minimum absolute atomic E-state index is 0.0274. The second kappa shape index (κ2) is 11.1. The van der Waals surface area contributed by atoms with Crippen LogP contribution in [0.5, 0.6) is 0 Å². The minimum atomic E-state index is -1.87. The molecule has 4 aliphatic carbocycles. The Morgan fingerprint density at radius 3 is 2.15 bits per heavy atom. The first-order chi connectivity index (χ1) is 18.7. The van der Waals surface area contributed by atoms with Crippen molar-refractivity contribution in [2.24, 2.45) is 39.9 Å². The number of rotatable bonds is 6. The van der Waals surface area contributed by atoms with Crippen molar-refractivity contribution < 1.29 is 39.5 Å². The van der Waals surface area contributed by atoms with E-state index in [4.69, 9.17) is 4.74 Å². The smallest absolute Gasteiger partial charge is 0.303 e. The van der Waals surface area contributed by atoms with Crippen molar-refractivity contribution in [3.8, 4) is 0 Å². The summed E-state index contributed by atoms with van der Waals surface area (Å²) in [6.45, 7) is 17.9. The molecule has 41 heavy (non-hydrogen) atoms. The molecule has 0 amide bonds. The van der Waals surface area contributed by atoms with Gasteiger partial charge in [0.25, 0.3) is 0 Å². The van der Waals surface area contributed by atoms with Crippen LogP contribution in [-0.2, 0) is 19.1 Å². The lowest BCUT2D eigenvalue weighted by Crippen LogP contribution is -2.63. The molecule has 3 fully saturated rings. The molecule has 0 aromatic rings. The Bertz CT molecular complexity index is 1070. The second-order valence-electron chi connectivity index (χ2n) is 14.7. The van der Waals surface area contributed by atoms with Crippen LogP contribution in [0, 0.1) is 39.9 Å². The van der Waals surface area contributed by atoms with Gasteiger partial charge in [-0.05, 0) is 69.6 Å². The summed E-state index contributed by atoms with van der Waals surface area (Å²) in [6, 6.07) is 0. The third kappa shape index (κ3) is 5.36. The first-order valence-electron chi connectivity index (χ1n) is 15.4. The summed E-state index contributed by atoms with van der Waals surface area (Å²) in [7, 11) is 0. The number of Topliss-reactive ketones (excluding diaryl/α,β-unsaturated/α-hetero) is 2. The summed E-state index contributed by atoms with van der Waals surface area (Å²) in [5, 5.41) is 44.6. The molecule has 234 valence electrons. The molecule has 8 nitrogen and oxygen atoms in total. The van der Waals surface area contributed by atoms with Gasteiger partial charge in [-0.25, -0.2) is 0 Å². The summed E-state index contributed by atoms with van der Waals surface area (Å²) >= 11 is 0. The van der Waals surface area contributed by atoms with E-state index in [-0.39, 0.29) is 42.8 Å². The van der Waals surface area contributed by atoms with E-state index < -0.39 is 63.4 Å². The fourth-order valence-electron chi connectivity index (χ4n) is 9.35. The number of ether oxygens (including phenoxy) is 1. The third-order valence-corrected chi connectivity index (χ3v) is 11.4. The van der Waals surface area contributed by atoms with Gasteiger partial charge >= 0.3 is 5.97 Å². The molecular weight excluding hydrogens is 524 g/mol. The quantitative estimate of drug-likeness (QED) is 0.272. The van der Waals surface area contributed by atoms with Gasteiger partial charge in [-0.1, -0.05) is 53.2 Å². The molecule has 10 atom stereocenters. The Kier molecular flexibility index (Phi) is 9.21. The van der Waals surface area contributed by atoms with Crippen molar-refractivity contribution >= 4 is 17.5 Å². The van der Waals surface area contributed by atoms with Crippen molar-refractivity contribution in [2.45, 2.75) is 137 Å². The average Bonchev–Trinajstić information content (AvgIpc) is 3.12. The highest BCUT2D eigenvalue weighted by Gasteiger charge is 2.70. The Morgan fingerprint density at radius 1 is 1.00 bits per heavy atom. The largest absolute Gasteiger partial charge is 0.460 e. The third-order valence-electron chi connectivity index (χ3n) is 11.4. The lowest BCUT2D eigenvalue weighted by atomic mass is 9.42. The highest BCUT2D eigenvalue weighted by Crippen LogP contribution is 2.69. The van der Waals surface area contributed by atoms with E-state index in [1.54, 1.807) is 13.8 Å². The van der Waals surface area contributed by atoms with Crippen molar-refractivity contribution in [3.63, 3.8) is 0 Å². The molecule has 0 heterocycles. The predicted octanol–water partition coefficient (Wildman–Crippen LogP) is 4.15. The Morgan fingerprint density at radius 2 is 1.59 bits per heavy atom. The van der Waals surface area contributed by atoms with Gasteiger partial charge in [-0.2, -0.15) is 0 Å². The van der Waals surface area contributed by atoms with Gasteiger partial charge in [0.05, 0.1) is 18.3 Å². The number of carbonyl (C=O) groups is 3. The maximum Gasteiger partial charge on any atom is 0.303 e. The highest BCUT2D eigenvalue weighted by atomic mass is 16.6. The SMILES string of the molecule is CC.CC(=O)OC(C)(C)CCC(=O)[C@](C)(O)[C@H]1[C@H](O)CC2[C@@H]3CC=C4[C@@H](C[C@H](O)[C@@H](O)C4(C)C)[C@]3(C)C(=O)C[C@@]21C. The molecule has 0 bridgehead atoms. The molecular formula is C33H54O8. The zero-order chi connectivity index (χ0) is 31.5. The molecule has 4 aliphatic rings. The average molecular weight is 579 g/mol. The normalized spacial score (nSPS) is 41.0. The molecule has 8 heteroatoms. The molecule has 4 N–H and O–H groups in total. The molecule has 0 aromatic carbocycles. The predicted molar refractivity (Wildman–Crippen MR) is 156 cm³/mol. The number of esters is 1. The van der Waals surface area contributed by atoms with E-state index in [0.29, 0.717) is 19.3 Å². The van der Waals surface area contributed by atoms with Crippen LogP contribution >= 0.6 is 0 Å². The topological polar surface area (TPSA) is 141 Å². The standard InChI is InChI=1S/C31H48O8.C2H6/c1-16(32)39-27(2,3)12-11-23(35)31(8,38)25-21(33)13-19-18-10-9-17-20(14-22(34)26(37)28(17,4)5)30(18,7)24(36)15-29(19,25)6;1-2/h9,18-22,25-26,33-34,37-38H,10-15H2,1-8H3;1-2H3/t18-,19?,20+,21+,22-,25-,26+,29-,30+,31-;/m0./s1. The van der Waals surface area contributed by atoms with Crippen LogP contribution in [0.15, 0.2) is 11.6 Å². The van der Waals surface area contributed by atoms with Crippen LogP contribution in [-0.4, -0.2) is 67.5 Å². The van der Waals surface area contributed by atoms with Gasteiger partial charge in [-0.15, -0.1) is 0 Å². The monoisotopic (exact) mass is 578 g/mol. The van der Waals surface area contributed by atoms with Gasteiger partial charge in [0.15, 0.2) is 5.78 Å². The molecule has 0 radical (unpaired) electrons. The number of allylic oxidation sites excluding steroid dienone is 1. The van der Waals surface area contributed by atoms with E-state index >= 15 is 0 Å². The highest BCUT2D eigenvalue weighted by molar-refractivity contribution is 5.90. The maximum absolute atomic E-state index is 14.2. The van der Waals surface area contributed by atoms with E-state index in [1.165, 1.54) is 13.8 Å². The zero-order valence-electron chi connectivity index (χ0n) is 26.8. The number of aliphatic hydroxyl groups is 4. The number of hydrogen-bond acceptors (Lipinski definition) is 8. The van der Waals surface area contributed by atoms with E-state index in [9.17, 15) is 34.8 Å². The van der Waals surface area contributed by atoms with Gasteiger partial charge < -0.3 is 25.2 Å². The summed E-state index contributed by atoms with van der Waals surface area (Å²) in [5.74, 6) is -2.13. The van der Waals surface area contributed by atoms with Gasteiger partial charge in [0.2, 0.25) is 0 Å². The van der Waals surface area contributed by atoms with Crippen LogP contribution in [0.4, 0.5) is 0 Å². The van der Waals surface area contributed by atoms with Crippen molar-refractivity contribution in [1.82, 2.24) is 0 Å². The molecule has 1 unspecified atom stereocenters. The van der Waals surface area contributed by atoms with Crippen molar-refractivity contribution in [1.29, 1.82) is 0 Å². The maximum atomic E-state index is 14.2. The molecule has 3 saturated carbocycles. The molecule has 0 saturated heterocycles. The van der Waals surface area contributed by atoms with Crippen molar-refractivity contribution in [2.75, 3.05) is 0 Å².